The van der Waals surface area contributed by atoms with Crippen molar-refractivity contribution in [1.29, 1.82) is 0 Å². The summed E-state index contributed by atoms with van der Waals surface area (Å²) in [5.41, 5.74) is 1.91. The molecule has 0 amide bonds. The van der Waals surface area contributed by atoms with Crippen molar-refractivity contribution in [3.05, 3.63) is 24.0 Å². The Hall–Kier alpha value is -1.09. The number of anilines is 1. The highest BCUT2D eigenvalue weighted by atomic mass is 16.2. The maximum Gasteiger partial charge on any atom is 0.114 e. The lowest BCUT2D eigenvalue weighted by atomic mass is 10.2. The fourth-order valence-corrected chi connectivity index (χ4v) is 0.929. The van der Waals surface area contributed by atoms with Gasteiger partial charge in [0, 0.05) is 19.9 Å². The van der Waals surface area contributed by atoms with E-state index in [9.17, 15) is 0 Å². The molecule has 0 saturated carbocycles. The Morgan fingerprint density at radius 1 is 1.73 bits per heavy atom. The van der Waals surface area contributed by atoms with Crippen LogP contribution in [0, 0.1) is 6.20 Å². The largest absolute Gasteiger partial charge is 0.396 e. The van der Waals surface area contributed by atoms with Crippen molar-refractivity contribution in [3.63, 3.8) is 0 Å². The summed E-state index contributed by atoms with van der Waals surface area (Å²) in [6.45, 7) is 0.159. The normalized spacial score (nSPS) is 9.64. The van der Waals surface area contributed by atoms with Gasteiger partial charge in [0.25, 0.3) is 0 Å². The van der Waals surface area contributed by atoms with Crippen molar-refractivity contribution < 1.29 is 5.11 Å². The maximum atomic E-state index is 8.68. The lowest BCUT2D eigenvalue weighted by Crippen LogP contribution is -1.98. The van der Waals surface area contributed by atoms with Gasteiger partial charge in [0.1, 0.15) is 6.20 Å². The van der Waals surface area contributed by atoms with Gasteiger partial charge in [-0.15, -0.1) is 0 Å². The summed E-state index contributed by atoms with van der Waals surface area (Å²) < 4.78 is 0. The van der Waals surface area contributed by atoms with Gasteiger partial charge in [-0.25, -0.2) is 0 Å². The Morgan fingerprint density at radius 2 is 2.55 bits per heavy atom. The van der Waals surface area contributed by atoms with E-state index in [1.807, 2.05) is 13.1 Å². The first kappa shape index (κ1) is 8.01. The topological polar surface area (TPSA) is 45.2 Å². The van der Waals surface area contributed by atoms with Gasteiger partial charge in [0.15, 0.2) is 0 Å². The number of hydrogen-bond acceptors (Lipinski definition) is 3. The second-order valence-electron chi connectivity index (χ2n) is 2.18. The molecule has 0 fully saturated rings. The molecule has 0 bridgehead atoms. The van der Waals surface area contributed by atoms with Crippen LogP contribution in [-0.4, -0.2) is 23.7 Å². The van der Waals surface area contributed by atoms with Crippen molar-refractivity contribution in [2.45, 2.75) is 6.42 Å². The summed E-state index contributed by atoms with van der Waals surface area (Å²) >= 11 is 0. The van der Waals surface area contributed by atoms with Gasteiger partial charge in [0.05, 0.1) is 5.69 Å². The van der Waals surface area contributed by atoms with Crippen LogP contribution in [-0.2, 0) is 6.42 Å². The van der Waals surface area contributed by atoms with Gasteiger partial charge in [0.2, 0.25) is 0 Å². The molecule has 3 nitrogen and oxygen atoms in total. The number of aliphatic hydroxyl groups excluding tert-OH is 1. The molecule has 0 atom stereocenters. The number of nitrogens with one attached hydrogen (secondary N) is 1. The molecular weight excluding hydrogens is 140 g/mol. The Balaban J connectivity index is 2.83. The highest BCUT2D eigenvalue weighted by Gasteiger charge is 1.98. The molecule has 11 heavy (non-hydrogen) atoms. The van der Waals surface area contributed by atoms with Crippen molar-refractivity contribution in [2.24, 2.45) is 0 Å². The Bertz CT molecular complexity index is 225. The first-order valence-corrected chi connectivity index (χ1v) is 3.52. The fourth-order valence-electron chi connectivity index (χ4n) is 0.929. The molecule has 0 spiro atoms. The lowest BCUT2D eigenvalue weighted by Gasteiger charge is -2.04. The molecule has 0 aliphatic carbocycles. The third kappa shape index (κ3) is 1.91. The Morgan fingerprint density at radius 3 is 3.18 bits per heavy atom. The summed E-state index contributed by atoms with van der Waals surface area (Å²) in [6, 6.07) is 1.87. The number of aromatic nitrogens is 1. The van der Waals surface area contributed by atoms with Crippen molar-refractivity contribution in [1.82, 2.24) is 4.98 Å². The molecule has 3 heteroatoms. The van der Waals surface area contributed by atoms with Gasteiger partial charge >= 0.3 is 0 Å². The van der Waals surface area contributed by atoms with Gasteiger partial charge in [-0.3, -0.25) is 4.98 Å². The van der Waals surface area contributed by atoms with E-state index >= 15 is 0 Å². The smallest absolute Gasteiger partial charge is 0.114 e. The number of aliphatic hydroxyl groups is 1. The van der Waals surface area contributed by atoms with Gasteiger partial charge in [-0.2, -0.15) is 0 Å². The minimum Gasteiger partial charge on any atom is -0.396 e. The molecule has 59 valence electrons. The predicted molar refractivity (Wildman–Crippen MR) is 43.4 cm³/mol. The quantitative estimate of drug-likeness (QED) is 0.659. The first-order chi connectivity index (χ1) is 5.38. The number of hydrogen-bond donors (Lipinski definition) is 2. The molecule has 0 aliphatic heterocycles. The summed E-state index contributed by atoms with van der Waals surface area (Å²) in [7, 11) is 1.81. The molecule has 0 aliphatic rings. The molecule has 1 radical (unpaired) electrons. The Labute approximate surface area is 66.1 Å². The van der Waals surface area contributed by atoms with Gasteiger partial charge in [-0.1, -0.05) is 0 Å². The van der Waals surface area contributed by atoms with E-state index in [0.29, 0.717) is 6.42 Å². The standard InChI is InChI=1S/C8H11N2O/c1-9-8-6-10-4-2-7(8)3-5-11/h2,4,9,11H,3,5H2,1H3. The molecule has 1 aromatic rings. The predicted octanol–water partition coefficient (Wildman–Crippen LogP) is 0.458. The van der Waals surface area contributed by atoms with E-state index < -0.39 is 0 Å². The van der Waals surface area contributed by atoms with Crippen LogP contribution in [0.1, 0.15) is 5.56 Å². The average Bonchev–Trinajstić information content (AvgIpc) is 2.06. The second-order valence-corrected chi connectivity index (χ2v) is 2.18. The van der Waals surface area contributed by atoms with E-state index in [1.165, 1.54) is 0 Å². The molecular formula is C8H11N2O. The SMILES string of the molecule is CNc1[c]nccc1CCO. The molecule has 2 N–H and O–H groups in total. The van der Waals surface area contributed by atoms with E-state index in [1.54, 1.807) is 6.20 Å². The van der Waals surface area contributed by atoms with E-state index in [0.717, 1.165) is 11.3 Å². The summed E-state index contributed by atoms with van der Waals surface area (Å²) in [5, 5.41) is 11.6. The zero-order valence-corrected chi connectivity index (χ0v) is 6.46. The van der Waals surface area contributed by atoms with E-state index in [2.05, 4.69) is 16.5 Å². The third-order valence-electron chi connectivity index (χ3n) is 1.48. The van der Waals surface area contributed by atoms with Crippen molar-refractivity contribution in [2.75, 3.05) is 19.0 Å². The minimum absolute atomic E-state index is 0.159. The molecule has 0 aromatic carbocycles. The zero-order chi connectivity index (χ0) is 8.10. The van der Waals surface area contributed by atoms with Crippen molar-refractivity contribution in [3.8, 4) is 0 Å². The maximum absolute atomic E-state index is 8.68. The van der Waals surface area contributed by atoms with Crippen LogP contribution in [0.4, 0.5) is 5.69 Å². The van der Waals surface area contributed by atoms with Crippen LogP contribution in [0.3, 0.4) is 0 Å². The fraction of sp³-hybridized carbons (Fsp3) is 0.375. The molecule has 1 aromatic heterocycles. The van der Waals surface area contributed by atoms with Gasteiger partial charge < -0.3 is 10.4 Å². The molecule has 1 rings (SSSR count). The summed E-state index contributed by atoms with van der Waals surface area (Å²) in [6.07, 6.45) is 5.12. The molecule has 0 saturated heterocycles. The van der Waals surface area contributed by atoms with Gasteiger partial charge in [-0.05, 0) is 18.1 Å². The molecule has 0 unspecified atom stereocenters. The van der Waals surface area contributed by atoms with Crippen LogP contribution in [0.15, 0.2) is 12.3 Å². The Kier molecular flexibility index (Phi) is 2.86. The summed E-state index contributed by atoms with van der Waals surface area (Å²) in [5.74, 6) is 0. The monoisotopic (exact) mass is 151 g/mol. The van der Waals surface area contributed by atoms with Crippen LogP contribution >= 0.6 is 0 Å². The summed E-state index contributed by atoms with van der Waals surface area (Å²) in [4.78, 5) is 3.83. The van der Waals surface area contributed by atoms with E-state index in [4.69, 9.17) is 5.11 Å². The second kappa shape index (κ2) is 3.93. The molecule has 1 heterocycles. The van der Waals surface area contributed by atoms with Crippen LogP contribution in [0.2, 0.25) is 0 Å². The zero-order valence-electron chi connectivity index (χ0n) is 6.46. The first-order valence-electron chi connectivity index (χ1n) is 3.52. The lowest BCUT2D eigenvalue weighted by molar-refractivity contribution is 0.300. The minimum atomic E-state index is 0.159. The highest BCUT2D eigenvalue weighted by molar-refractivity contribution is 5.47. The number of rotatable bonds is 3. The van der Waals surface area contributed by atoms with Crippen LogP contribution < -0.4 is 5.32 Å². The highest BCUT2D eigenvalue weighted by Crippen LogP contribution is 2.11. The van der Waals surface area contributed by atoms with Crippen LogP contribution in [0.5, 0.6) is 0 Å². The van der Waals surface area contributed by atoms with E-state index in [-0.39, 0.29) is 6.61 Å². The number of nitrogens with zero attached hydrogens (tertiary/aromatic N) is 1. The van der Waals surface area contributed by atoms with Crippen molar-refractivity contribution >= 4 is 5.69 Å². The van der Waals surface area contributed by atoms with Crippen LogP contribution in [0.25, 0.3) is 0 Å². The third-order valence-corrected chi connectivity index (χ3v) is 1.48. The average molecular weight is 151 g/mol. The number of pyridine rings is 1.